The number of nitrogens with one attached hydrogen (secondary N) is 1. The van der Waals surface area contributed by atoms with Crippen molar-refractivity contribution in [3.05, 3.63) is 91.4 Å². The average Bonchev–Trinajstić information content (AvgIpc) is 2.81. The van der Waals surface area contributed by atoms with Gasteiger partial charge in [0.15, 0.2) is 11.5 Å². The molecule has 0 aliphatic carbocycles. The van der Waals surface area contributed by atoms with Crippen LogP contribution in [0.15, 0.2) is 60.2 Å². The van der Waals surface area contributed by atoms with Crippen LogP contribution in [0.2, 0.25) is 20.1 Å². The zero-order valence-corrected chi connectivity index (χ0v) is 20.2. The molecule has 0 spiro atoms. The maximum absolute atomic E-state index is 12.6. The average molecular weight is 522 g/mol. The largest absolute Gasteiger partial charge is 0.493 e. The number of carbonyl (C=O) groups excluding carboxylic acids is 1. The van der Waals surface area contributed by atoms with Crippen molar-refractivity contribution >= 4 is 64.1 Å². The highest BCUT2D eigenvalue weighted by Crippen LogP contribution is 2.32. The maximum Gasteiger partial charge on any atom is 0.266 e. The van der Waals surface area contributed by atoms with Gasteiger partial charge in [0.1, 0.15) is 18.2 Å². The normalized spacial score (nSPS) is 11.0. The Bertz CT molecular complexity index is 1270. The lowest BCUT2D eigenvalue weighted by Crippen LogP contribution is -2.13. The zero-order valence-electron chi connectivity index (χ0n) is 17.2. The predicted molar refractivity (Wildman–Crippen MR) is 132 cm³/mol. The van der Waals surface area contributed by atoms with E-state index in [1.165, 1.54) is 13.2 Å². The first kappa shape index (κ1) is 24.8. The van der Waals surface area contributed by atoms with Crippen molar-refractivity contribution < 1.29 is 14.3 Å². The summed E-state index contributed by atoms with van der Waals surface area (Å²) < 4.78 is 11.2. The van der Waals surface area contributed by atoms with Crippen LogP contribution in [-0.4, -0.2) is 13.0 Å². The quantitative estimate of drug-likeness (QED) is 0.259. The summed E-state index contributed by atoms with van der Waals surface area (Å²) in [4.78, 5) is 12.6. The number of amides is 1. The monoisotopic (exact) mass is 520 g/mol. The van der Waals surface area contributed by atoms with Crippen molar-refractivity contribution in [2.45, 2.75) is 6.61 Å². The zero-order chi connectivity index (χ0) is 24.0. The molecule has 0 aliphatic heterocycles. The fourth-order valence-electron chi connectivity index (χ4n) is 2.79. The number of hydrogen-bond acceptors (Lipinski definition) is 4. The molecule has 1 N–H and O–H groups in total. The van der Waals surface area contributed by atoms with Gasteiger partial charge < -0.3 is 14.8 Å². The number of nitrogens with zero attached hydrogens (tertiary/aromatic N) is 1. The Hall–Kier alpha value is -2.88. The van der Waals surface area contributed by atoms with Gasteiger partial charge in [0.05, 0.1) is 32.9 Å². The standard InChI is InChI=1S/C24H16Cl4N2O3/c1-32-22-11-14(6-8-21(22)33-13-15-5-7-17(25)19(27)10-15)9-16(12-29)24(31)30-20-4-2-3-18(26)23(20)28/h2-11H,13H2,1H3,(H,30,31)/b16-9-. The van der Waals surface area contributed by atoms with E-state index in [1.54, 1.807) is 48.5 Å². The van der Waals surface area contributed by atoms with Crippen LogP contribution >= 0.6 is 46.4 Å². The molecule has 0 atom stereocenters. The Morgan fingerprint density at radius 1 is 1.00 bits per heavy atom. The fraction of sp³-hybridized carbons (Fsp3) is 0.0833. The maximum atomic E-state index is 12.6. The molecular weight excluding hydrogens is 506 g/mol. The Morgan fingerprint density at radius 2 is 1.79 bits per heavy atom. The van der Waals surface area contributed by atoms with E-state index >= 15 is 0 Å². The second-order valence-electron chi connectivity index (χ2n) is 6.67. The molecule has 3 aromatic carbocycles. The van der Waals surface area contributed by atoms with Gasteiger partial charge in [-0.15, -0.1) is 0 Å². The molecular formula is C24H16Cl4N2O3. The van der Waals surface area contributed by atoms with Gasteiger partial charge in [0.25, 0.3) is 5.91 Å². The fourth-order valence-corrected chi connectivity index (χ4v) is 3.46. The summed E-state index contributed by atoms with van der Waals surface area (Å²) in [6.07, 6.45) is 1.43. The van der Waals surface area contributed by atoms with Crippen LogP contribution in [0.1, 0.15) is 11.1 Å². The number of anilines is 1. The molecule has 5 nitrogen and oxygen atoms in total. The molecule has 0 aromatic heterocycles. The Morgan fingerprint density at radius 3 is 2.48 bits per heavy atom. The van der Waals surface area contributed by atoms with Crippen LogP contribution in [0, 0.1) is 11.3 Å². The molecule has 3 aromatic rings. The van der Waals surface area contributed by atoms with Crippen LogP contribution < -0.4 is 14.8 Å². The summed E-state index contributed by atoms with van der Waals surface area (Å²) in [5.74, 6) is 0.286. The number of ether oxygens (including phenoxy) is 2. The highest BCUT2D eigenvalue weighted by Gasteiger charge is 2.14. The van der Waals surface area contributed by atoms with Gasteiger partial charge in [-0.2, -0.15) is 5.26 Å². The number of nitriles is 1. The van der Waals surface area contributed by atoms with Crippen LogP contribution in [-0.2, 0) is 11.4 Å². The lowest BCUT2D eigenvalue weighted by atomic mass is 10.1. The van der Waals surface area contributed by atoms with Gasteiger partial charge in [-0.05, 0) is 53.6 Å². The minimum Gasteiger partial charge on any atom is -0.493 e. The molecule has 33 heavy (non-hydrogen) atoms. The van der Waals surface area contributed by atoms with Crippen molar-refractivity contribution in [1.29, 1.82) is 5.26 Å². The van der Waals surface area contributed by atoms with Gasteiger partial charge in [-0.25, -0.2) is 0 Å². The van der Waals surface area contributed by atoms with E-state index in [-0.39, 0.29) is 22.2 Å². The summed E-state index contributed by atoms with van der Waals surface area (Å²) >= 11 is 24.0. The number of halogens is 4. The third-order valence-electron chi connectivity index (χ3n) is 4.44. The SMILES string of the molecule is COc1cc(/C=C(/C#N)C(=O)Nc2cccc(Cl)c2Cl)ccc1OCc1ccc(Cl)c(Cl)c1. The van der Waals surface area contributed by atoms with Crippen LogP contribution in [0.4, 0.5) is 5.69 Å². The third kappa shape index (κ3) is 6.34. The van der Waals surface area contributed by atoms with E-state index < -0.39 is 5.91 Å². The van der Waals surface area contributed by atoms with Crippen molar-refractivity contribution in [3.8, 4) is 17.6 Å². The van der Waals surface area contributed by atoms with Gasteiger partial charge in [0.2, 0.25) is 0 Å². The van der Waals surface area contributed by atoms with Gasteiger partial charge in [0, 0.05) is 0 Å². The molecule has 0 fully saturated rings. The second kappa shape index (κ2) is 11.3. The number of methoxy groups -OCH3 is 1. The Balaban J connectivity index is 1.77. The topological polar surface area (TPSA) is 71.3 Å². The van der Waals surface area contributed by atoms with Crippen molar-refractivity contribution in [3.63, 3.8) is 0 Å². The molecule has 0 heterocycles. The number of carbonyl (C=O) groups is 1. The molecule has 1 amide bonds. The number of benzene rings is 3. The summed E-state index contributed by atoms with van der Waals surface area (Å²) in [7, 11) is 1.49. The summed E-state index contributed by atoms with van der Waals surface area (Å²) in [6.45, 7) is 0.245. The minimum atomic E-state index is -0.624. The van der Waals surface area contributed by atoms with Crippen LogP contribution in [0.25, 0.3) is 6.08 Å². The Labute approximate surface area is 211 Å². The lowest BCUT2D eigenvalue weighted by Gasteiger charge is -2.12. The van der Waals surface area contributed by atoms with E-state index in [4.69, 9.17) is 55.9 Å². The molecule has 0 saturated heterocycles. The molecule has 0 saturated carbocycles. The van der Waals surface area contributed by atoms with E-state index in [0.29, 0.717) is 32.8 Å². The highest BCUT2D eigenvalue weighted by atomic mass is 35.5. The highest BCUT2D eigenvalue weighted by molar-refractivity contribution is 6.44. The molecule has 9 heteroatoms. The molecule has 0 aliphatic rings. The predicted octanol–water partition coefficient (Wildman–Crippen LogP) is 7.43. The summed E-state index contributed by atoms with van der Waals surface area (Å²) in [5.41, 5.74) is 1.58. The summed E-state index contributed by atoms with van der Waals surface area (Å²) in [5, 5.41) is 13.4. The molecule has 0 bridgehead atoms. The minimum absolute atomic E-state index is 0.127. The van der Waals surface area contributed by atoms with E-state index in [9.17, 15) is 10.1 Å². The van der Waals surface area contributed by atoms with Crippen molar-refractivity contribution in [1.82, 2.24) is 0 Å². The van der Waals surface area contributed by atoms with Gasteiger partial charge >= 0.3 is 0 Å². The first-order valence-corrected chi connectivity index (χ1v) is 11.0. The Kier molecular flexibility index (Phi) is 8.49. The second-order valence-corrected chi connectivity index (χ2v) is 8.27. The molecule has 3 rings (SSSR count). The molecule has 168 valence electrons. The van der Waals surface area contributed by atoms with Crippen molar-refractivity contribution in [2.75, 3.05) is 12.4 Å². The van der Waals surface area contributed by atoms with E-state index in [0.717, 1.165) is 5.56 Å². The van der Waals surface area contributed by atoms with Crippen LogP contribution in [0.3, 0.4) is 0 Å². The first-order chi connectivity index (χ1) is 15.8. The van der Waals surface area contributed by atoms with E-state index in [2.05, 4.69) is 5.32 Å². The lowest BCUT2D eigenvalue weighted by molar-refractivity contribution is -0.112. The third-order valence-corrected chi connectivity index (χ3v) is 6.00. The molecule has 0 radical (unpaired) electrons. The van der Waals surface area contributed by atoms with E-state index in [1.807, 2.05) is 12.1 Å². The smallest absolute Gasteiger partial charge is 0.266 e. The van der Waals surface area contributed by atoms with Crippen LogP contribution in [0.5, 0.6) is 11.5 Å². The van der Waals surface area contributed by atoms with Gasteiger partial charge in [-0.1, -0.05) is 64.6 Å². The summed E-state index contributed by atoms with van der Waals surface area (Å²) in [6, 6.07) is 17.0. The van der Waals surface area contributed by atoms with Gasteiger partial charge in [-0.3, -0.25) is 4.79 Å². The first-order valence-electron chi connectivity index (χ1n) is 9.44. The van der Waals surface area contributed by atoms with Crippen molar-refractivity contribution in [2.24, 2.45) is 0 Å². The molecule has 0 unspecified atom stereocenters. The number of hydrogen-bond donors (Lipinski definition) is 1. The number of rotatable bonds is 7.